The van der Waals surface area contributed by atoms with Crippen molar-refractivity contribution >= 4 is 29.5 Å². The molecule has 4 rings (SSSR count). The number of amides is 2. The molecule has 206 valence electrons. The third-order valence-corrected chi connectivity index (χ3v) is 11.5. The molecule has 1 saturated carbocycles. The predicted octanol–water partition coefficient (Wildman–Crippen LogP) is 3.95. The molecule has 2 unspecified atom stereocenters. The van der Waals surface area contributed by atoms with Gasteiger partial charge in [0.2, 0.25) is 11.8 Å². The Morgan fingerprint density at radius 1 is 1.24 bits per heavy atom. The topological polar surface area (TPSA) is 87.1 Å². The fourth-order valence-electron chi connectivity index (χ4n) is 7.51. The first-order chi connectivity index (χ1) is 17.7. The maximum atomic E-state index is 14.7. The van der Waals surface area contributed by atoms with Gasteiger partial charge < -0.3 is 19.6 Å². The maximum absolute atomic E-state index is 14.7. The van der Waals surface area contributed by atoms with Crippen molar-refractivity contribution in [3.63, 3.8) is 0 Å². The summed E-state index contributed by atoms with van der Waals surface area (Å²) in [6.45, 7) is 14.0. The van der Waals surface area contributed by atoms with Gasteiger partial charge in [0.15, 0.2) is 0 Å². The van der Waals surface area contributed by atoms with Gasteiger partial charge in [-0.25, -0.2) is 0 Å². The third-order valence-electron chi connectivity index (χ3n) is 9.52. The molecule has 3 heterocycles. The third kappa shape index (κ3) is 4.56. The molecular formula is C29H44N2O5S. The van der Waals surface area contributed by atoms with Gasteiger partial charge in [-0.2, -0.15) is 0 Å². The van der Waals surface area contributed by atoms with E-state index in [4.69, 9.17) is 4.74 Å². The number of hydrogen-bond donors (Lipinski definition) is 1. The average Bonchev–Trinajstić information content (AvgIpc) is 3.47. The number of nitrogens with zero attached hydrogens (tertiary/aromatic N) is 2. The van der Waals surface area contributed by atoms with E-state index in [0.29, 0.717) is 13.0 Å². The van der Waals surface area contributed by atoms with Crippen LogP contribution in [0.5, 0.6) is 0 Å². The van der Waals surface area contributed by atoms with Crippen LogP contribution >= 0.6 is 11.8 Å². The number of esters is 1. The van der Waals surface area contributed by atoms with E-state index in [-0.39, 0.29) is 43.0 Å². The second kappa shape index (κ2) is 11.1. The van der Waals surface area contributed by atoms with Crippen LogP contribution in [-0.4, -0.2) is 80.1 Å². The Hall–Kier alpha value is -1.80. The highest BCUT2D eigenvalue weighted by Gasteiger charge is 2.78. The zero-order valence-electron chi connectivity index (χ0n) is 22.7. The van der Waals surface area contributed by atoms with Crippen LogP contribution in [0.4, 0.5) is 0 Å². The average molecular weight is 533 g/mol. The number of rotatable bonds is 11. The number of aliphatic hydroxyl groups is 1. The van der Waals surface area contributed by atoms with Crippen molar-refractivity contribution in [1.82, 2.24) is 9.80 Å². The molecule has 37 heavy (non-hydrogen) atoms. The first kappa shape index (κ1) is 28.2. The minimum Gasteiger partial charge on any atom is -0.461 e. The van der Waals surface area contributed by atoms with Gasteiger partial charge >= 0.3 is 5.97 Å². The lowest BCUT2D eigenvalue weighted by Crippen LogP contribution is -2.60. The Morgan fingerprint density at radius 2 is 1.95 bits per heavy atom. The molecule has 1 aliphatic carbocycles. The Kier molecular flexibility index (Phi) is 8.49. The normalized spacial score (nSPS) is 34.6. The molecule has 0 aromatic heterocycles. The number of fused-ring (bicyclic) bond motifs is 1. The molecule has 0 aromatic rings. The summed E-state index contributed by atoms with van der Waals surface area (Å²) >= 11 is 1.65. The van der Waals surface area contributed by atoms with E-state index in [2.05, 4.69) is 13.2 Å². The molecule has 2 amide bonds. The Morgan fingerprint density at radius 3 is 2.54 bits per heavy atom. The molecule has 3 aliphatic heterocycles. The molecule has 1 spiro atoms. The molecule has 4 fully saturated rings. The van der Waals surface area contributed by atoms with Crippen molar-refractivity contribution in [1.29, 1.82) is 0 Å². The molecular weight excluding hydrogens is 488 g/mol. The summed E-state index contributed by atoms with van der Waals surface area (Å²) in [4.78, 5) is 46.0. The van der Waals surface area contributed by atoms with Crippen LogP contribution in [0.15, 0.2) is 25.3 Å². The summed E-state index contributed by atoms with van der Waals surface area (Å²) in [6, 6.07) is -1.09. The quantitative estimate of drug-likeness (QED) is 0.320. The summed E-state index contributed by atoms with van der Waals surface area (Å²) in [7, 11) is 0. The number of thioether (sulfide) groups is 1. The fraction of sp³-hybridized carbons (Fsp3) is 0.759. The van der Waals surface area contributed by atoms with Gasteiger partial charge in [-0.1, -0.05) is 58.3 Å². The maximum Gasteiger partial charge on any atom is 0.311 e. The van der Waals surface area contributed by atoms with Crippen molar-refractivity contribution in [2.24, 2.45) is 17.8 Å². The molecule has 7 atom stereocenters. The summed E-state index contributed by atoms with van der Waals surface area (Å²) in [5, 5.41) is 10.5. The number of aliphatic hydroxyl groups excluding tert-OH is 1. The highest BCUT2D eigenvalue weighted by atomic mass is 32.2. The van der Waals surface area contributed by atoms with E-state index in [1.807, 2.05) is 25.7 Å². The van der Waals surface area contributed by atoms with Crippen molar-refractivity contribution < 1.29 is 24.2 Å². The van der Waals surface area contributed by atoms with Gasteiger partial charge in [-0.15, -0.1) is 18.3 Å². The van der Waals surface area contributed by atoms with Crippen LogP contribution in [0.1, 0.15) is 72.1 Å². The van der Waals surface area contributed by atoms with E-state index >= 15 is 0 Å². The SMILES string of the molecule is C=CCOC(=O)[C@H]1[C@H]2C(=O)N([C@@H](CO)[C@@H](C)CC)C(C(=O)N(CC=C)C3CCCCC3)C23CC[C@]1(C)S3. The van der Waals surface area contributed by atoms with Crippen molar-refractivity contribution in [2.75, 3.05) is 19.8 Å². The van der Waals surface area contributed by atoms with Gasteiger partial charge in [-0.05, 0) is 38.5 Å². The molecule has 0 aromatic carbocycles. The zero-order valence-corrected chi connectivity index (χ0v) is 23.5. The van der Waals surface area contributed by atoms with E-state index in [1.54, 1.807) is 22.7 Å². The first-order valence-corrected chi connectivity index (χ1v) is 14.8. The Labute approximate surface area is 226 Å². The largest absolute Gasteiger partial charge is 0.461 e. The predicted molar refractivity (Wildman–Crippen MR) is 146 cm³/mol. The van der Waals surface area contributed by atoms with Crippen molar-refractivity contribution in [2.45, 2.75) is 99.8 Å². The molecule has 2 bridgehead atoms. The minimum atomic E-state index is -0.720. The van der Waals surface area contributed by atoms with E-state index in [9.17, 15) is 19.5 Å². The number of ether oxygens (including phenoxy) is 1. The Bertz CT molecular complexity index is 920. The lowest BCUT2D eigenvalue weighted by molar-refractivity contribution is -0.155. The van der Waals surface area contributed by atoms with Gasteiger partial charge in [-0.3, -0.25) is 14.4 Å². The molecule has 1 N–H and O–H groups in total. The molecule has 0 radical (unpaired) electrons. The second-order valence-corrected chi connectivity index (χ2v) is 13.5. The lowest BCUT2D eigenvalue weighted by Gasteiger charge is -2.43. The summed E-state index contributed by atoms with van der Waals surface area (Å²) in [5.74, 6) is -1.89. The van der Waals surface area contributed by atoms with Crippen LogP contribution in [0, 0.1) is 17.8 Å². The van der Waals surface area contributed by atoms with Crippen LogP contribution in [0.2, 0.25) is 0 Å². The fourth-order valence-corrected chi connectivity index (χ4v) is 9.84. The van der Waals surface area contributed by atoms with Gasteiger partial charge in [0.05, 0.1) is 29.2 Å². The molecule has 3 saturated heterocycles. The lowest BCUT2D eigenvalue weighted by atomic mass is 9.66. The van der Waals surface area contributed by atoms with Crippen LogP contribution in [-0.2, 0) is 19.1 Å². The van der Waals surface area contributed by atoms with Gasteiger partial charge in [0.1, 0.15) is 12.6 Å². The van der Waals surface area contributed by atoms with Crippen LogP contribution < -0.4 is 0 Å². The Balaban J connectivity index is 1.81. The molecule has 8 heteroatoms. The molecule has 4 aliphatic rings. The van der Waals surface area contributed by atoms with Gasteiger partial charge in [0.25, 0.3) is 0 Å². The smallest absolute Gasteiger partial charge is 0.311 e. The van der Waals surface area contributed by atoms with Crippen molar-refractivity contribution in [3.8, 4) is 0 Å². The van der Waals surface area contributed by atoms with Crippen LogP contribution in [0.25, 0.3) is 0 Å². The number of carbonyl (C=O) groups is 3. The summed E-state index contributed by atoms with van der Waals surface area (Å²) < 4.78 is 4.33. The number of likely N-dealkylation sites (tertiary alicyclic amines) is 1. The van der Waals surface area contributed by atoms with Crippen LogP contribution in [0.3, 0.4) is 0 Å². The van der Waals surface area contributed by atoms with E-state index in [1.165, 1.54) is 12.5 Å². The van der Waals surface area contributed by atoms with E-state index < -0.39 is 33.4 Å². The first-order valence-electron chi connectivity index (χ1n) is 14.0. The summed E-state index contributed by atoms with van der Waals surface area (Å²) in [5.41, 5.74) is 0. The van der Waals surface area contributed by atoms with Crippen molar-refractivity contribution in [3.05, 3.63) is 25.3 Å². The highest BCUT2D eigenvalue weighted by molar-refractivity contribution is 8.02. The number of hydrogen-bond acceptors (Lipinski definition) is 6. The van der Waals surface area contributed by atoms with Gasteiger partial charge in [0, 0.05) is 17.3 Å². The molecule has 7 nitrogen and oxygen atoms in total. The second-order valence-electron chi connectivity index (χ2n) is 11.6. The highest BCUT2D eigenvalue weighted by Crippen LogP contribution is 2.72. The summed E-state index contributed by atoms with van der Waals surface area (Å²) in [6.07, 6.45) is 10.8. The van der Waals surface area contributed by atoms with E-state index in [0.717, 1.165) is 38.5 Å². The zero-order chi connectivity index (χ0) is 27.0. The monoisotopic (exact) mass is 532 g/mol. The minimum absolute atomic E-state index is 0.00552. The number of carbonyl (C=O) groups excluding carboxylic acids is 3. The standard InChI is InChI=1S/C29H44N2O5S/c1-6-16-30(20-12-10-9-11-13-20)26(34)24-29-15-14-28(5,37-29)23(27(35)36-17-7-2)22(29)25(33)31(24)21(18-32)19(4)8-3/h6-7,19-24,32H,1-2,8-18H2,3-5H3/t19-,21-,22-,23+,24?,28-,29?/m0/s1.